The number of ether oxygens (including phenoxy) is 1. The van der Waals surface area contributed by atoms with Crippen molar-refractivity contribution in [3.63, 3.8) is 0 Å². The van der Waals surface area contributed by atoms with Crippen molar-refractivity contribution >= 4 is 5.78 Å². The number of rotatable bonds is 1. The van der Waals surface area contributed by atoms with E-state index in [0.717, 1.165) is 24.4 Å². The van der Waals surface area contributed by atoms with E-state index < -0.39 is 0 Å². The van der Waals surface area contributed by atoms with E-state index in [1.165, 1.54) is 12.8 Å². The fourth-order valence-electron chi connectivity index (χ4n) is 2.73. The van der Waals surface area contributed by atoms with Crippen LogP contribution in [-0.4, -0.2) is 36.4 Å². The number of hydrogen-bond donors (Lipinski definition) is 0. The molecular formula is C14H17NO2. The van der Waals surface area contributed by atoms with Crippen molar-refractivity contribution in [1.82, 2.24) is 4.90 Å². The summed E-state index contributed by atoms with van der Waals surface area (Å²) in [6.45, 7) is 2.86. The molecule has 3 heteroatoms. The van der Waals surface area contributed by atoms with E-state index in [-0.39, 0.29) is 11.8 Å². The zero-order valence-electron chi connectivity index (χ0n) is 9.89. The molecule has 3 nitrogen and oxygen atoms in total. The first-order valence-corrected chi connectivity index (χ1v) is 6.33. The van der Waals surface area contributed by atoms with Crippen LogP contribution >= 0.6 is 0 Å². The van der Waals surface area contributed by atoms with Crippen LogP contribution < -0.4 is 4.74 Å². The van der Waals surface area contributed by atoms with Crippen LogP contribution in [0.1, 0.15) is 29.6 Å². The van der Waals surface area contributed by atoms with Gasteiger partial charge in [-0.15, -0.1) is 0 Å². The number of carbonyl (C=O) groups excluding carboxylic acids is 1. The van der Waals surface area contributed by atoms with Crippen LogP contribution in [0.15, 0.2) is 24.3 Å². The van der Waals surface area contributed by atoms with Gasteiger partial charge in [0.1, 0.15) is 12.4 Å². The van der Waals surface area contributed by atoms with Crippen molar-refractivity contribution in [3.05, 3.63) is 29.8 Å². The van der Waals surface area contributed by atoms with Crippen LogP contribution in [-0.2, 0) is 0 Å². The quantitative estimate of drug-likeness (QED) is 0.741. The molecule has 1 fully saturated rings. The van der Waals surface area contributed by atoms with Crippen LogP contribution in [0.4, 0.5) is 0 Å². The third-order valence-corrected chi connectivity index (χ3v) is 3.70. The molecule has 0 N–H and O–H groups in total. The summed E-state index contributed by atoms with van der Waals surface area (Å²) in [7, 11) is 0. The van der Waals surface area contributed by atoms with Gasteiger partial charge in [-0.25, -0.2) is 0 Å². The third-order valence-electron chi connectivity index (χ3n) is 3.70. The van der Waals surface area contributed by atoms with Gasteiger partial charge in [0, 0.05) is 6.42 Å². The summed E-state index contributed by atoms with van der Waals surface area (Å²) in [4.78, 5) is 14.6. The van der Waals surface area contributed by atoms with Crippen molar-refractivity contribution < 1.29 is 9.53 Å². The standard InChI is InChI=1S/C14H17NO2/c16-13-9-11(15-7-3-4-8-15)10-17-14-6-2-1-5-12(13)14/h1-2,5-6,11H,3-4,7-10H2. The summed E-state index contributed by atoms with van der Waals surface area (Å²) in [5.41, 5.74) is 0.745. The Labute approximate surface area is 101 Å². The molecule has 2 aliphatic rings. The van der Waals surface area contributed by atoms with Gasteiger partial charge in [0.15, 0.2) is 5.78 Å². The van der Waals surface area contributed by atoms with Gasteiger partial charge in [-0.2, -0.15) is 0 Å². The lowest BCUT2D eigenvalue weighted by atomic mass is 10.0. The van der Waals surface area contributed by atoms with E-state index in [0.29, 0.717) is 13.0 Å². The highest BCUT2D eigenvalue weighted by atomic mass is 16.5. The molecule has 1 aromatic carbocycles. The molecule has 0 spiro atoms. The van der Waals surface area contributed by atoms with Crippen LogP contribution in [0.25, 0.3) is 0 Å². The Balaban J connectivity index is 1.81. The number of Topliss-reactive ketones (excluding diaryl/α,β-unsaturated/α-hetero) is 1. The lowest BCUT2D eigenvalue weighted by Crippen LogP contribution is -2.37. The lowest BCUT2D eigenvalue weighted by Gasteiger charge is -2.24. The van der Waals surface area contributed by atoms with Gasteiger partial charge in [0.25, 0.3) is 0 Å². The topological polar surface area (TPSA) is 29.5 Å². The van der Waals surface area contributed by atoms with Crippen molar-refractivity contribution in [2.45, 2.75) is 25.3 Å². The van der Waals surface area contributed by atoms with E-state index in [1.54, 1.807) is 0 Å². The smallest absolute Gasteiger partial charge is 0.168 e. The van der Waals surface area contributed by atoms with Gasteiger partial charge >= 0.3 is 0 Å². The van der Waals surface area contributed by atoms with Gasteiger partial charge in [-0.05, 0) is 38.1 Å². The minimum Gasteiger partial charge on any atom is -0.491 e. The number of benzene rings is 1. The molecule has 0 aliphatic carbocycles. The number of carbonyl (C=O) groups is 1. The molecule has 1 saturated heterocycles. The summed E-state index contributed by atoms with van der Waals surface area (Å²) in [6.07, 6.45) is 3.09. The Morgan fingerprint density at radius 2 is 1.94 bits per heavy atom. The lowest BCUT2D eigenvalue weighted by molar-refractivity contribution is 0.0921. The molecule has 2 heterocycles. The minimum absolute atomic E-state index is 0.218. The number of likely N-dealkylation sites (tertiary alicyclic amines) is 1. The van der Waals surface area contributed by atoms with Gasteiger partial charge < -0.3 is 4.74 Å². The monoisotopic (exact) mass is 231 g/mol. The minimum atomic E-state index is 0.218. The molecule has 0 aromatic heterocycles. The van der Waals surface area contributed by atoms with Crippen LogP contribution in [0, 0.1) is 0 Å². The summed E-state index contributed by atoms with van der Waals surface area (Å²) in [6, 6.07) is 7.83. The zero-order valence-corrected chi connectivity index (χ0v) is 9.89. The van der Waals surface area contributed by atoms with E-state index in [2.05, 4.69) is 4.90 Å². The summed E-state index contributed by atoms with van der Waals surface area (Å²) in [5, 5.41) is 0. The van der Waals surface area contributed by atoms with Crippen molar-refractivity contribution in [2.24, 2.45) is 0 Å². The van der Waals surface area contributed by atoms with E-state index in [4.69, 9.17) is 4.74 Å². The van der Waals surface area contributed by atoms with E-state index in [9.17, 15) is 4.79 Å². The first-order chi connectivity index (χ1) is 8.34. The Bertz CT molecular complexity index is 424. The van der Waals surface area contributed by atoms with Crippen LogP contribution in [0.5, 0.6) is 5.75 Å². The molecule has 0 bridgehead atoms. The average molecular weight is 231 g/mol. The molecular weight excluding hydrogens is 214 g/mol. The first kappa shape index (κ1) is 10.8. The maximum atomic E-state index is 12.2. The molecule has 0 amide bonds. The van der Waals surface area contributed by atoms with Crippen molar-refractivity contribution in [1.29, 1.82) is 0 Å². The number of fused-ring (bicyclic) bond motifs is 1. The zero-order chi connectivity index (χ0) is 11.7. The van der Waals surface area contributed by atoms with Crippen LogP contribution in [0.2, 0.25) is 0 Å². The first-order valence-electron chi connectivity index (χ1n) is 6.33. The second-order valence-electron chi connectivity index (χ2n) is 4.83. The predicted octanol–water partition coefficient (Wildman–Crippen LogP) is 2.12. The van der Waals surface area contributed by atoms with E-state index >= 15 is 0 Å². The second-order valence-corrected chi connectivity index (χ2v) is 4.83. The normalized spacial score (nSPS) is 25.2. The molecule has 0 radical (unpaired) electrons. The van der Waals surface area contributed by atoms with Crippen molar-refractivity contribution in [3.8, 4) is 5.75 Å². The molecule has 1 aromatic rings. The Kier molecular flexibility index (Phi) is 2.85. The molecule has 90 valence electrons. The maximum Gasteiger partial charge on any atom is 0.168 e. The Morgan fingerprint density at radius 3 is 2.76 bits per heavy atom. The predicted molar refractivity (Wildman–Crippen MR) is 65.5 cm³/mol. The van der Waals surface area contributed by atoms with Gasteiger partial charge in [-0.3, -0.25) is 9.69 Å². The highest BCUT2D eigenvalue weighted by molar-refractivity contribution is 5.99. The fourth-order valence-corrected chi connectivity index (χ4v) is 2.73. The molecule has 0 saturated carbocycles. The Hall–Kier alpha value is -1.35. The molecule has 1 atom stereocenters. The summed E-state index contributed by atoms with van der Waals surface area (Å²) in [5.74, 6) is 0.967. The van der Waals surface area contributed by atoms with Gasteiger partial charge in [-0.1, -0.05) is 12.1 Å². The molecule has 3 rings (SSSR count). The number of para-hydroxylation sites is 1. The molecule has 1 unspecified atom stereocenters. The Morgan fingerprint density at radius 1 is 1.18 bits per heavy atom. The fraction of sp³-hybridized carbons (Fsp3) is 0.500. The maximum absolute atomic E-state index is 12.2. The highest BCUT2D eigenvalue weighted by Gasteiger charge is 2.29. The molecule has 17 heavy (non-hydrogen) atoms. The van der Waals surface area contributed by atoms with Gasteiger partial charge in [0.2, 0.25) is 0 Å². The van der Waals surface area contributed by atoms with Gasteiger partial charge in [0.05, 0.1) is 11.6 Å². The number of ketones is 1. The highest BCUT2D eigenvalue weighted by Crippen LogP contribution is 2.26. The third kappa shape index (κ3) is 2.07. The second kappa shape index (κ2) is 4.49. The number of nitrogens with zero attached hydrogens (tertiary/aromatic N) is 1. The average Bonchev–Trinajstić information content (AvgIpc) is 2.83. The summed E-state index contributed by atoms with van der Waals surface area (Å²) >= 11 is 0. The summed E-state index contributed by atoms with van der Waals surface area (Å²) < 4.78 is 5.78. The SMILES string of the molecule is O=C1CC(N2CCCC2)COc2ccccc21. The van der Waals surface area contributed by atoms with E-state index in [1.807, 2.05) is 24.3 Å². The van der Waals surface area contributed by atoms with Crippen molar-refractivity contribution in [2.75, 3.05) is 19.7 Å². The largest absolute Gasteiger partial charge is 0.491 e. The van der Waals surface area contributed by atoms with Crippen LogP contribution in [0.3, 0.4) is 0 Å². The number of hydrogen-bond acceptors (Lipinski definition) is 3. The molecule has 2 aliphatic heterocycles.